The Hall–Kier alpha value is -1.76. The third kappa shape index (κ3) is 3.66. The fourth-order valence-electron chi connectivity index (χ4n) is 2.06. The summed E-state index contributed by atoms with van der Waals surface area (Å²) in [6.07, 6.45) is 0. The van der Waals surface area contributed by atoms with Crippen LogP contribution in [0.1, 0.15) is 22.8 Å². The summed E-state index contributed by atoms with van der Waals surface area (Å²) in [4.78, 5) is 14.2. The van der Waals surface area contributed by atoms with E-state index in [1.54, 1.807) is 23.1 Å². The highest BCUT2D eigenvalue weighted by Gasteiger charge is 2.19. The van der Waals surface area contributed by atoms with Crippen molar-refractivity contribution in [2.45, 2.75) is 13.5 Å². The third-order valence-corrected chi connectivity index (χ3v) is 3.95. The lowest BCUT2D eigenvalue weighted by Gasteiger charge is -2.22. The maximum absolute atomic E-state index is 12.6. The molecule has 0 aromatic heterocycles. The van der Waals surface area contributed by atoms with Crippen molar-refractivity contribution < 1.29 is 9.90 Å². The van der Waals surface area contributed by atoms with E-state index in [0.717, 1.165) is 9.13 Å². The summed E-state index contributed by atoms with van der Waals surface area (Å²) >= 11 is 2.12. The Balaban J connectivity index is 2.27. The van der Waals surface area contributed by atoms with E-state index in [2.05, 4.69) is 22.6 Å². The number of amides is 1. The summed E-state index contributed by atoms with van der Waals surface area (Å²) < 4.78 is 0.907. The molecule has 2 aromatic rings. The van der Waals surface area contributed by atoms with Gasteiger partial charge in [-0.3, -0.25) is 4.79 Å². The van der Waals surface area contributed by atoms with Crippen molar-refractivity contribution in [3.05, 3.63) is 57.2 Å². The number of benzene rings is 2. The van der Waals surface area contributed by atoms with Gasteiger partial charge in [0.1, 0.15) is 5.75 Å². The van der Waals surface area contributed by atoms with Crippen LogP contribution in [0.5, 0.6) is 5.75 Å². The zero-order valence-electron chi connectivity index (χ0n) is 11.7. The molecule has 0 aliphatic heterocycles. The van der Waals surface area contributed by atoms with Gasteiger partial charge in [0.15, 0.2) is 0 Å². The van der Waals surface area contributed by atoms with Crippen molar-refractivity contribution in [3.63, 3.8) is 0 Å². The van der Waals surface area contributed by atoms with Crippen LogP contribution in [0, 0.1) is 3.57 Å². The second-order valence-electron chi connectivity index (χ2n) is 4.68. The molecule has 0 radical (unpaired) electrons. The molecule has 0 aliphatic rings. The molecular weight excluding hydrogens is 379 g/mol. The van der Waals surface area contributed by atoms with Gasteiger partial charge in [0.25, 0.3) is 5.91 Å². The zero-order chi connectivity index (χ0) is 15.4. The Kier molecular flexibility index (Phi) is 5.06. The van der Waals surface area contributed by atoms with Gasteiger partial charge in [-0.2, -0.15) is 0 Å². The molecule has 0 atom stereocenters. The van der Waals surface area contributed by atoms with Crippen LogP contribution in [-0.2, 0) is 6.54 Å². The molecule has 5 heteroatoms. The van der Waals surface area contributed by atoms with E-state index in [0.29, 0.717) is 24.3 Å². The van der Waals surface area contributed by atoms with Crippen LogP contribution in [-0.4, -0.2) is 22.5 Å². The van der Waals surface area contributed by atoms with Crippen molar-refractivity contribution in [1.29, 1.82) is 0 Å². The number of carbonyl (C=O) groups is 1. The van der Waals surface area contributed by atoms with E-state index in [1.807, 2.05) is 31.2 Å². The zero-order valence-corrected chi connectivity index (χ0v) is 13.9. The molecule has 1 amide bonds. The number of anilines is 1. The van der Waals surface area contributed by atoms with Crippen LogP contribution < -0.4 is 5.73 Å². The summed E-state index contributed by atoms with van der Waals surface area (Å²) in [5.74, 6) is -0.198. The molecule has 0 unspecified atom stereocenters. The Morgan fingerprint density at radius 1 is 1.29 bits per heavy atom. The summed E-state index contributed by atoms with van der Waals surface area (Å²) in [5, 5.41) is 9.89. The summed E-state index contributed by atoms with van der Waals surface area (Å²) in [6, 6.07) is 12.5. The number of nitrogen functional groups attached to an aromatic ring is 1. The number of aromatic hydroxyl groups is 1. The predicted octanol–water partition coefficient (Wildman–Crippen LogP) is 3.24. The van der Waals surface area contributed by atoms with Gasteiger partial charge in [-0.15, -0.1) is 0 Å². The predicted molar refractivity (Wildman–Crippen MR) is 92.1 cm³/mol. The van der Waals surface area contributed by atoms with E-state index in [1.165, 1.54) is 0 Å². The highest BCUT2D eigenvalue weighted by atomic mass is 127. The molecule has 4 nitrogen and oxygen atoms in total. The molecule has 2 rings (SSSR count). The Morgan fingerprint density at radius 2 is 2.00 bits per heavy atom. The highest BCUT2D eigenvalue weighted by molar-refractivity contribution is 14.1. The highest BCUT2D eigenvalue weighted by Crippen LogP contribution is 2.23. The number of phenols is 1. The largest absolute Gasteiger partial charge is 0.507 e. The number of nitrogens with zero attached hydrogens (tertiary/aromatic N) is 1. The smallest absolute Gasteiger partial charge is 0.257 e. The Labute approximate surface area is 137 Å². The van der Waals surface area contributed by atoms with Crippen LogP contribution in [0.15, 0.2) is 42.5 Å². The molecule has 0 saturated heterocycles. The molecule has 0 spiro atoms. The van der Waals surface area contributed by atoms with Gasteiger partial charge < -0.3 is 15.7 Å². The first-order valence-electron chi connectivity index (χ1n) is 6.64. The van der Waals surface area contributed by atoms with Crippen molar-refractivity contribution in [1.82, 2.24) is 4.90 Å². The van der Waals surface area contributed by atoms with Crippen molar-refractivity contribution in [3.8, 4) is 5.75 Å². The fourth-order valence-corrected chi connectivity index (χ4v) is 2.55. The SMILES string of the molecule is CCN(Cc1ccccc1N)C(=O)c1cc(I)ccc1O. The lowest BCUT2D eigenvalue weighted by Crippen LogP contribution is -2.30. The van der Waals surface area contributed by atoms with Gasteiger partial charge in [0, 0.05) is 22.3 Å². The Morgan fingerprint density at radius 3 is 2.67 bits per heavy atom. The summed E-state index contributed by atoms with van der Waals surface area (Å²) in [6.45, 7) is 2.87. The molecular formula is C16H17IN2O2. The standard InChI is InChI=1S/C16H17IN2O2/c1-2-19(10-11-5-3-4-6-14(11)18)16(21)13-9-12(17)7-8-15(13)20/h3-9,20H,2,10,18H2,1H3. The van der Waals surface area contributed by atoms with Gasteiger partial charge in [-0.05, 0) is 59.3 Å². The minimum absolute atomic E-state index is 0.0000929. The summed E-state index contributed by atoms with van der Waals surface area (Å²) in [5.41, 5.74) is 7.81. The monoisotopic (exact) mass is 396 g/mol. The van der Waals surface area contributed by atoms with Gasteiger partial charge in [-0.25, -0.2) is 0 Å². The summed E-state index contributed by atoms with van der Waals surface area (Å²) in [7, 11) is 0. The van der Waals surface area contributed by atoms with Gasteiger partial charge in [-0.1, -0.05) is 18.2 Å². The van der Waals surface area contributed by atoms with Crippen LogP contribution >= 0.6 is 22.6 Å². The number of hydrogen-bond acceptors (Lipinski definition) is 3. The molecule has 0 heterocycles. The van der Waals surface area contributed by atoms with Crippen LogP contribution in [0.3, 0.4) is 0 Å². The molecule has 0 fully saturated rings. The molecule has 2 aromatic carbocycles. The van der Waals surface area contributed by atoms with E-state index < -0.39 is 0 Å². The minimum atomic E-state index is -0.197. The molecule has 0 saturated carbocycles. The van der Waals surface area contributed by atoms with Crippen LogP contribution in [0.25, 0.3) is 0 Å². The first kappa shape index (κ1) is 15.6. The number of halogens is 1. The van der Waals surface area contributed by atoms with Crippen molar-refractivity contribution in [2.75, 3.05) is 12.3 Å². The maximum Gasteiger partial charge on any atom is 0.257 e. The van der Waals surface area contributed by atoms with Crippen molar-refractivity contribution >= 4 is 34.2 Å². The lowest BCUT2D eigenvalue weighted by atomic mass is 10.1. The second kappa shape index (κ2) is 6.80. The average molecular weight is 396 g/mol. The van der Waals surface area contributed by atoms with Crippen LogP contribution in [0.4, 0.5) is 5.69 Å². The fraction of sp³-hybridized carbons (Fsp3) is 0.188. The first-order chi connectivity index (χ1) is 10.0. The average Bonchev–Trinajstić information content (AvgIpc) is 2.48. The molecule has 3 N–H and O–H groups in total. The quantitative estimate of drug-likeness (QED) is 0.616. The number of carbonyl (C=O) groups excluding carboxylic acids is 1. The van der Waals surface area contributed by atoms with Crippen LogP contribution in [0.2, 0.25) is 0 Å². The number of hydrogen-bond donors (Lipinski definition) is 2. The minimum Gasteiger partial charge on any atom is -0.507 e. The van der Waals surface area contributed by atoms with E-state index in [9.17, 15) is 9.90 Å². The van der Waals surface area contributed by atoms with Gasteiger partial charge >= 0.3 is 0 Å². The van der Waals surface area contributed by atoms with Crippen molar-refractivity contribution in [2.24, 2.45) is 0 Å². The number of phenolic OH excluding ortho intramolecular Hbond substituents is 1. The number of nitrogens with two attached hydrogens (primary N) is 1. The molecule has 110 valence electrons. The van der Waals surface area contributed by atoms with Gasteiger partial charge in [0.05, 0.1) is 5.56 Å². The van der Waals surface area contributed by atoms with E-state index >= 15 is 0 Å². The van der Waals surface area contributed by atoms with E-state index in [4.69, 9.17) is 5.73 Å². The number of para-hydroxylation sites is 1. The first-order valence-corrected chi connectivity index (χ1v) is 7.72. The van der Waals surface area contributed by atoms with E-state index in [-0.39, 0.29) is 11.7 Å². The molecule has 0 bridgehead atoms. The lowest BCUT2D eigenvalue weighted by molar-refractivity contribution is 0.0750. The molecule has 0 aliphatic carbocycles. The van der Waals surface area contributed by atoms with Gasteiger partial charge in [0.2, 0.25) is 0 Å². The Bertz CT molecular complexity index is 658. The molecule has 21 heavy (non-hydrogen) atoms. The second-order valence-corrected chi connectivity index (χ2v) is 5.93. The maximum atomic E-state index is 12.6. The number of rotatable bonds is 4. The topological polar surface area (TPSA) is 66.6 Å². The third-order valence-electron chi connectivity index (χ3n) is 3.27. The normalized spacial score (nSPS) is 10.4.